The van der Waals surface area contributed by atoms with Crippen LogP contribution < -0.4 is 0 Å². The SMILES string of the molecule is Cn1c(CC#N)nc2cc(C#N)ccc21. The van der Waals surface area contributed by atoms with Crippen molar-refractivity contribution < 1.29 is 0 Å². The minimum Gasteiger partial charge on any atom is -0.330 e. The lowest BCUT2D eigenvalue weighted by atomic mass is 10.2. The number of fused-ring (bicyclic) bond motifs is 1. The molecule has 0 radical (unpaired) electrons. The zero-order valence-electron chi connectivity index (χ0n) is 8.23. The lowest BCUT2D eigenvalue weighted by Gasteiger charge is -1.96. The van der Waals surface area contributed by atoms with Crippen LogP contribution in [0.15, 0.2) is 18.2 Å². The van der Waals surface area contributed by atoms with E-state index >= 15 is 0 Å². The Morgan fingerprint density at radius 1 is 1.40 bits per heavy atom. The second-order valence-electron chi connectivity index (χ2n) is 3.24. The van der Waals surface area contributed by atoms with Crippen molar-refractivity contribution >= 4 is 11.0 Å². The predicted octanol–water partition coefficient (Wildman–Crippen LogP) is 1.51. The minimum atomic E-state index is 0.285. The van der Waals surface area contributed by atoms with Gasteiger partial charge in [-0.05, 0) is 18.2 Å². The highest BCUT2D eigenvalue weighted by molar-refractivity contribution is 5.77. The number of hydrogen-bond acceptors (Lipinski definition) is 3. The second kappa shape index (κ2) is 3.43. The van der Waals surface area contributed by atoms with Crippen molar-refractivity contribution in [3.63, 3.8) is 0 Å². The standard InChI is InChI=1S/C11H8N4/c1-15-10-3-2-8(7-13)6-9(10)14-11(15)4-5-12/h2-3,6H,4H2,1H3. The van der Waals surface area contributed by atoms with Crippen LogP contribution in [-0.4, -0.2) is 9.55 Å². The van der Waals surface area contributed by atoms with E-state index < -0.39 is 0 Å². The predicted molar refractivity (Wildman–Crippen MR) is 54.7 cm³/mol. The highest BCUT2D eigenvalue weighted by Crippen LogP contribution is 2.16. The maximum atomic E-state index is 8.74. The Morgan fingerprint density at radius 3 is 2.87 bits per heavy atom. The Kier molecular flexibility index (Phi) is 2.11. The van der Waals surface area contributed by atoms with Crippen LogP contribution in [0.5, 0.6) is 0 Å². The number of nitriles is 2. The van der Waals surface area contributed by atoms with E-state index in [-0.39, 0.29) is 6.42 Å². The topological polar surface area (TPSA) is 65.4 Å². The van der Waals surface area contributed by atoms with Gasteiger partial charge in [0.25, 0.3) is 0 Å². The number of imidazole rings is 1. The third kappa shape index (κ3) is 1.43. The molecule has 72 valence electrons. The maximum Gasteiger partial charge on any atom is 0.123 e. The molecule has 1 aromatic heterocycles. The lowest BCUT2D eigenvalue weighted by Crippen LogP contribution is -1.95. The molecule has 0 amide bonds. The molecule has 0 fully saturated rings. The van der Waals surface area contributed by atoms with E-state index in [1.807, 2.05) is 17.7 Å². The van der Waals surface area contributed by atoms with Gasteiger partial charge < -0.3 is 4.57 Å². The molecule has 1 aromatic carbocycles. The van der Waals surface area contributed by atoms with Crippen LogP contribution in [0.2, 0.25) is 0 Å². The van der Waals surface area contributed by atoms with Gasteiger partial charge >= 0.3 is 0 Å². The number of benzene rings is 1. The molecule has 2 rings (SSSR count). The minimum absolute atomic E-state index is 0.285. The first kappa shape index (κ1) is 9.23. The third-order valence-corrected chi connectivity index (χ3v) is 2.34. The first-order valence-corrected chi connectivity index (χ1v) is 4.48. The average Bonchev–Trinajstić information content (AvgIpc) is 2.56. The van der Waals surface area contributed by atoms with Gasteiger partial charge in [0.2, 0.25) is 0 Å². The van der Waals surface area contributed by atoms with Crippen LogP contribution in [0.3, 0.4) is 0 Å². The summed E-state index contributed by atoms with van der Waals surface area (Å²) < 4.78 is 1.87. The summed E-state index contributed by atoms with van der Waals surface area (Å²) in [6.45, 7) is 0. The molecule has 2 aromatic rings. The molecular weight excluding hydrogens is 188 g/mol. The second-order valence-corrected chi connectivity index (χ2v) is 3.24. The molecule has 0 aliphatic heterocycles. The van der Waals surface area contributed by atoms with Crippen LogP contribution in [0, 0.1) is 22.7 Å². The smallest absolute Gasteiger partial charge is 0.123 e. The molecule has 0 N–H and O–H groups in total. The van der Waals surface area contributed by atoms with E-state index in [0.29, 0.717) is 5.56 Å². The van der Waals surface area contributed by atoms with Gasteiger partial charge in [-0.2, -0.15) is 10.5 Å². The van der Waals surface area contributed by atoms with E-state index in [9.17, 15) is 0 Å². The van der Waals surface area contributed by atoms with E-state index in [1.165, 1.54) is 0 Å². The van der Waals surface area contributed by atoms with Crippen molar-refractivity contribution in [2.75, 3.05) is 0 Å². The fraction of sp³-hybridized carbons (Fsp3) is 0.182. The van der Waals surface area contributed by atoms with Crippen LogP contribution in [0.25, 0.3) is 11.0 Å². The van der Waals surface area contributed by atoms with Crippen molar-refractivity contribution in [1.29, 1.82) is 10.5 Å². The summed E-state index contributed by atoms with van der Waals surface area (Å²) in [6, 6.07) is 9.46. The van der Waals surface area contributed by atoms with Crippen molar-refractivity contribution in [2.24, 2.45) is 7.05 Å². The molecule has 15 heavy (non-hydrogen) atoms. The first-order valence-electron chi connectivity index (χ1n) is 4.48. The van der Waals surface area contributed by atoms with Gasteiger partial charge in [-0.3, -0.25) is 0 Å². The maximum absolute atomic E-state index is 8.74. The fourth-order valence-corrected chi connectivity index (χ4v) is 1.55. The summed E-state index contributed by atoms with van der Waals surface area (Å²) in [4.78, 5) is 4.30. The van der Waals surface area contributed by atoms with Gasteiger partial charge in [0.05, 0.1) is 35.2 Å². The summed E-state index contributed by atoms with van der Waals surface area (Å²) in [5.74, 6) is 0.725. The number of nitrogens with zero attached hydrogens (tertiary/aromatic N) is 4. The zero-order valence-corrected chi connectivity index (χ0v) is 8.23. The Morgan fingerprint density at radius 2 is 2.20 bits per heavy atom. The van der Waals surface area contributed by atoms with Gasteiger partial charge in [-0.25, -0.2) is 4.98 Å². The molecule has 0 unspecified atom stereocenters. The molecule has 4 nitrogen and oxygen atoms in total. The zero-order chi connectivity index (χ0) is 10.8. The van der Waals surface area contributed by atoms with Gasteiger partial charge in [-0.15, -0.1) is 0 Å². The average molecular weight is 196 g/mol. The summed E-state index contributed by atoms with van der Waals surface area (Å²) in [7, 11) is 1.87. The quantitative estimate of drug-likeness (QED) is 0.694. The Hall–Kier alpha value is -2.33. The van der Waals surface area contributed by atoms with Crippen molar-refractivity contribution in [3.05, 3.63) is 29.6 Å². The largest absolute Gasteiger partial charge is 0.330 e. The molecule has 0 atom stereocenters. The molecule has 0 spiro atoms. The molecule has 0 saturated heterocycles. The highest BCUT2D eigenvalue weighted by atomic mass is 15.1. The summed E-state index contributed by atoms with van der Waals surface area (Å²) in [5, 5.41) is 17.4. The lowest BCUT2D eigenvalue weighted by molar-refractivity contribution is 0.857. The third-order valence-electron chi connectivity index (χ3n) is 2.34. The van der Waals surface area contributed by atoms with E-state index in [0.717, 1.165) is 16.9 Å². The molecule has 0 aliphatic carbocycles. The highest BCUT2D eigenvalue weighted by Gasteiger charge is 2.07. The van der Waals surface area contributed by atoms with Crippen LogP contribution >= 0.6 is 0 Å². The Balaban J connectivity index is 2.67. The normalized spacial score (nSPS) is 9.80. The van der Waals surface area contributed by atoms with Crippen molar-refractivity contribution in [3.8, 4) is 12.1 Å². The van der Waals surface area contributed by atoms with E-state index in [4.69, 9.17) is 10.5 Å². The molecular formula is C11H8N4. The van der Waals surface area contributed by atoms with Gasteiger partial charge in [0, 0.05) is 7.05 Å². The number of aromatic nitrogens is 2. The van der Waals surface area contributed by atoms with Crippen molar-refractivity contribution in [2.45, 2.75) is 6.42 Å². The first-order chi connectivity index (χ1) is 7.26. The number of rotatable bonds is 1. The molecule has 1 heterocycles. The summed E-state index contributed by atoms with van der Waals surface area (Å²) in [6.07, 6.45) is 0.285. The molecule has 0 aliphatic rings. The van der Waals surface area contributed by atoms with Gasteiger partial charge in [0.1, 0.15) is 5.82 Å². The fourth-order valence-electron chi connectivity index (χ4n) is 1.55. The van der Waals surface area contributed by atoms with Gasteiger partial charge in [-0.1, -0.05) is 0 Å². The van der Waals surface area contributed by atoms with Crippen molar-refractivity contribution in [1.82, 2.24) is 9.55 Å². The van der Waals surface area contributed by atoms with Gasteiger partial charge in [0.15, 0.2) is 0 Å². The number of aryl methyl sites for hydroxylation is 1. The monoisotopic (exact) mass is 196 g/mol. The van der Waals surface area contributed by atoms with Crippen LogP contribution in [0.4, 0.5) is 0 Å². The van der Waals surface area contributed by atoms with E-state index in [1.54, 1.807) is 12.1 Å². The van der Waals surface area contributed by atoms with Crippen LogP contribution in [0.1, 0.15) is 11.4 Å². The summed E-state index contributed by atoms with van der Waals surface area (Å²) >= 11 is 0. The Bertz CT molecular complexity index is 595. The summed E-state index contributed by atoms with van der Waals surface area (Å²) in [5.41, 5.74) is 2.30. The van der Waals surface area contributed by atoms with Crippen LogP contribution in [-0.2, 0) is 13.5 Å². The molecule has 0 bridgehead atoms. The Labute approximate surface area is 87.0 Å². The number of hydrogen-bond donors (Lipinski definition) is 0. The molecule has 0 saturated carbocycles. The van der Waals surface area contributed by atoms with E-state index in [2.05, 4.69) is 17.1 Å². The molecule has 4 heteroatoms.